The van der Waals surface area contributed by atoms with E-state index in [0.29, 0.717) is 29.6 Å². The number of ketones is 1. The molecule has 1 amide bonds. The van der Waals surface area contributed by atoms with Crippen LogP contribution in [0.2, 0.25) is 0 Å². The molecule has 0 saturated carbocycles. The molecular formula is C23H29NO3S. The minimum absolute atomic E-state index is 0.0219. The third-order valence-electron chi connectivity index (χ3n) is 4.64. The fourth-order valence-electron chi connectivity index (χ4n) is 2.91. The summed E-state index contributed by atoms with van der Waals surface area (Å²) in [4.78, 5) is 24.1. The number of carbonyl (C=O) groups excluding carboxylic acids is 2. The lowest BCUT2D eigenvalue weighted by atomic mass is 9.97. The molecule has 0 unspecified atom stereocenters. The average Bonchev–Trinajstić information content (AvgIpc) is 2.69. The van der Waals surface area contributed by atoms with Gasteiger partial charge in [-0.05, 0) is 56.0 Å². The molecule has 1 N–H and O–H groups in total. The molecule has 4 nitrogen and oxygen atoms in total. The topological polar surface area (TPSA) is 55.4 Å². The molecule has 0 heterocycles. The normalized spacial score (nSPS) is 11.7. The number of amides is 1. The molecule has 28 heavy (non-hydrogen) atoms. The third kappa shape index (κ3) is 6.13. The lowest BCUT2D eigenvalue weighted by Crippen LogP contribution is -2.16. The zero-order valence-corrected chi connectivity index (χ0v) is 17.9. The Labute approximate surface area is 172 Å². The van der Waals surface area contributed by atoms with Crippen molar-refractivity contribution in [3.8, 4) is 5.75 Å². The predicted octanol–water partition coefficient (Wildman–Crippen LogP) is 5.67. The molecule has 0 aromatic heterocycles. The Hall–Kier alpha value is -2.27. The number of rotatable bonds is 10. The van der Waals surface area contributed by atoms with Crippen molar-refractivity contribution in [2.75, 3.05) is 17.7 Å². The van der Waals surface area contributed by atoms with Crippen molar-refractivity contribution >= 4 is 29.1 Å². The Kier molecular flexibility index (Phi) is 8.58. The highest BCUT2D eigenvalue weighted by molar-refractivity contribution is 7.99. The van der Waals surface area contributed by atoms with Crippen molar-refractivity contribution in [3.05, 3.63) is 59.2 Å². The van der Waals surface area contributed by atoms with Crippen LogP contribution in [0.25, 0.3) is 0 Å². The van der Waals surface area contributed by atoms with Gasteiger partial charge in [-0.1, -0.05) is 32.0 Å². The summed E-state index contributed by atoms with van der Waals surface area (Å²) in [5, 5.41) is 3.04. The number of ether oxygens (including phenoxy) is 1. The van der Waals surface area contributed by atoms with Gasteiger partial charge in [-0.25, -0.2) is 0 Å². The van der Waals surface area contributed by atoms with E-state index >= 15 is 0 Å². The van der Waals surface area contributed by atoms with E-state index in [1.54, 1.807) is 13.0 Å². The van der Waals surface area contributed by atoms with Gasteiger partial charge in [-0.15, -0.1) is 11.8 Å². The van der Waals surface area contributed by atoms with E-state index < -0.39 is 0 Å². The zero-order valence-electron chi connectivity index (χ0n) is 17.1. The van der Waals surface area contributed by atoms with E-state index in [-0.39, 0.29) is 11.7 Å². The van der Waals surface area contributed by atoms with E-state index in [1.807, 2.05) is 37.3 Å². The van der Waals surface area contributed by atoms with Crippen molar-refractivity contribution in [1.29, 1.82) is 0 Å². The maximum atomic E-state index is 12.4. The van der Waals surface area contributed by atoms with E-state index in [1.165, 1.54) is 11.8 Å². The van der Waals surface area contributed by atoms with Gasteiger partial charge in [0.2, 0.25) is 5.91 Å². The minimum atomic E-state index is -0.0264. The van der Waals surface area contributed by atoms with E-state index in [4.69, 9.17) is 4.74 Å². The second-order valence-electron chi connectivity index (χ2n) is 6.75. The van der Waals surface area contributed by atoms with Gasteiger partial charge < -0.3 is 10.1 Å². The van der Waals surface area contributed by atoms with E-state index in [2.05, 4.69) is 25.2 Å². The fraction of sp³-hybridized carbons (Fsp3) is 0.391. The monoisotopic (exact) mass is 399 g/mol. The second-order valence-corrected chi connectivity index (χ2v) is 7.73. The van der Waals surface area contributed by atoms with Gasteiger partial charge in [0.1, 0.15) is 5.75 Å². The number of benzene rings is 2. The average molecular weight is 400 g/mol. The number of carbonyl (C=O) groups is 2. The predicted molar refractivity (Wildman–Crippen MR) is 118 cm³/mol. The molecule has 0 bridgehead atoms. The van der Waals surface area contributed by atoms with Crippen LogP contribution in [0.3, 0.4) is 0 Å². The highest BCUT2D eigenvalue weighted by atomic mass is 32.2. The molecule has 1 atom stereocenters. The first-order valence-corrected chi connectivity index (χ1v) is 10.8. The highest BCUT2D eigenvalue weighted by Gasteiger charge is 2.12. The standard InChI is InChI=1S/C23H29NO3S/c1-5-16(3)20-9-7-8-10-21(20)24-23(26)15-28-14-19-13-18(17(4)25)11-12-22(19)27-6-2/h7-13,16H,5-6,14-15H2,1-4H3,(H,24,26)/t16-/m1/s1. The summed E-state index contributed by atoms with van der Waals surface area (Å²) in [7, 11) is 0. The van der Waals surface area contributed by atoms with Crippen molar-refractivity contribution in [2.24, 2.45) is 0 Å². The molecule has 2 rings (SSSR count). The summed E-state index contributed by atoms with van der Waals surface area (Å²) >= 11 is 1.51. The lowest BCUT2D eigenvalue weighted by molar-refractivity contribution is -0.113. The number of hydrogen-bond acceptors (Lipinski definition) is 4. The van der Waals surface area contributed by atoms with Crippen molar-refractivity contribution in [1.82, 2.24) is 0 Å². The van der Waals surface area contributed by atoms with Gasteiger partial charge in [0.25, 0.3) is 0 Å². The van der Waals surface area contributed by atoms with Crippen LogP contribution >= 0.6 is 11.8 Å². The van der Waals surface area contributed by atoms with Crippen molar-refractivity contribution in [3.63, 3.8) is 0 Å². The Morgan fingerprint density at radius 2 is 1.89 bits per heavy atom. The first kappa shape index (κ1) is 22.0. The maximum absolute atomic E-state index is 12.4. The number of nitrogens with one attached hydrogen (secondary N) is 1. The Morgan fingerprint density at radius 1 is 1.14 bits per heavy atom. The van der Waals surface area contributed by atoms with Gasteiger partial charge in [-0.2, -0.15) is 0 Å². The molecule has 0 spiro atoms. The van der Waals surface area contributed by atoms with E-state index in [9.17, 15) is 9.59 Å². The zero-order chi connectivity index (χ0) is 20.5. The molecule has 0 aliphatic heterocycles. The number of thioether (sulfide) groups is 1. The number of Topliss-reactive ketones (excluding diaryl/α,β-unsaturated/α-hetero) is 1. The lowest BCUT2D eigenvalue weighted by Gasteiger charge is -2.15. The molecule has 5 heteroatoms. The molecule has 0 radical (unpaired) electrons. The van der Waals surface area contributed by atoms with Crippen molar-refractivity contribution in [2.45, 2.75) is 45.8 Å². The minimum Gasteiger partial charge on any atom is -0.494 e. The van der Waals surface area contributed by atoms with Gasteiger partial charge in [0, 0.05) is 22.6 Å². The van der Waals surface area contributed by atoms with Crippen LogP contribution in [0.4, 0.5) is 5.69 Å². The van der Waals surface area contributed by atoms with Gasteiger partial charge in [0.15, 0.2) is 5.78 Å². The first-order valence-electron chi connectivity index (χ1n) is 9.69. The van der Waals surface area contributed by atoms with Gasteiger partial charge >= 0.3 is 0 Å². The van der Waals surface area contributed by atoms with Crippen LogP contribution in [0, 0.1) is 0 Å². The molecule has 2 aromatic rings. The molecule has 150 valence electrons. The van der Waals surface area contributed by atoms with Crippen LogP contribution in [0.5, 0.6) is 5.75 Å². The number of para-hydroxylation sites is 1. The molecule has 0 aliphatic rings. The summed E-state index contributed by atoms with van der Waals surface area (Å²) in [6.45, 7) is 8.35. The second kappa shape index (κ2) is 10.9. The number of anilines is 1. The smallest absolute Gasteiger partial charge is 0.234 e. The van der Waals surface area contributed by atoms with E-state index in [0.717, 1.165) is 29.0 Å². The maximum Gasteiger partial charge on any atom is 0.234 e. The fourth-order valence-corrected chi connectivity index (χ4v) is 3.71. The van der Waals surface area contributed by atoms with Gasteiger partial charge in [0.05, 0.1) is 12.4 Å². The molecule has 0 aliphatic carbocycles. The molecule has 0 fully saturated rings. The summed E-state index contributed by atoms with van der Waals surface area (Å²) in [5.41, 5.74) is 3.64. The van der Waals surface area contributed by atoms with Crippen LogP contribution < -0.4 is 10.1 Å². The summed E-state index contributed by atoms with van der Waals surface area (Å²) in [6, 6.07) is 13.4. The molecule has 2 aromatic carbocycles. The SMILES string of the molecule is CCOc1ccc(C(C)=O)cc1CSCC(=O)Nc1ccccc1[C@H](C)CC. The van der Waals surface area contributed by atoms with Gasteiger partial charge in [-0.3, -0.25) is 9.59 Å². The molecule has 0 saturated heterocycles. The largest absolute Gasteiger partial charge is 0.494 e. The Bertz CT molecular complexity index is 819. The van der Waals surface area contributed by atoms with Crippen molar-refractivity contribution < 1.29 is 14.3 Å². The quantitative estimate of drug-likeness (QED) is 0.523. The first-order chi connectivity index (χ1) is 13.5. The summed E-state index contributed by atoms with van der Waals surface area (Å²) in [5.74, 6) is 2.10. The van der Waals surface area contributed by atoms with Crippen LogP contribution in [0.1, 0.15) is 61.5 Å². The Morgan fingerprint density at radius 3 is 2.57 bits per heavy atom. The summed E-state index contributed by atoms with van der Waals surface area (Å²) < 4.78 is 5.65. The van der Waals surface area contributed by atoms with Crippen LogP contribution in [-0.2, 0) is 10.5 Å². The summed E-state index contributed by atoms with van der Waals surface area (Å²) in [6.07, 6.45) is 1.02. The Balaban J connectivity index is 1.99. The number of hydrogen-bond donors (Lipinski definition) is 1. The third-order valence-corrected chi connectivity index (χ3v) is 5.62. The van der Waals surface area contributed by atoms with Crippen LogP contribution in [0.15, 0.2) is 42.5 Å². The van der Waals surface area contributed by atoms with Crippen LogP contribution in [-0.4, -0.2) is 24.1 Å². The molecular weight excluding hydrogens is 370 g/mol. The highest BCUT2D eigenvalue weighted by Crippen LogP contribution is 2.28.